The molecule has 3 aromatic rings. The van der Waals surface area contributed by atoms with E-state index < -0.39 is 0 Å². The minimum atomic E-state index is -0.219. The standard InChI is InChI=1S/C25H25N3O3S/c29-24(28-14-5-6-15-28)18-32-23-12-2-1-11-22(23)25(30)27-19-9-7-10-21(16-19)31-17-20-8-3-4-13-26-20/h1-4,7-13,16H,5-6,14-15,17-18H2,(H,27,30). The van der Waals surface area contributed by atoms with Crippen molar-refractivity contribution < 1.29 is 14.3 Å². The second-order valence-electron chi connectivity index (χ2n) is 7.46. The van der Waals surface area contributed by atoms with Gasteiger partial charge in [-0.3, -0.25) is 14.6 Å². The molecule has 4 rings (SSSR count). The second kappa shape index (κ2) is 10.8. The zero-order valence-corrected chi connectivity index (χ0v) is 18.5. The summed E-state index contributed by atoms with van der Waals surface area (Å²) in [6.45, 7) is 2.02. The van der Waals surface area contributed by atoms with E-state index in [-0.39, 0.29) is 11.8 Å². The summed E-state index contributed by atoms with van der Waals surface area (Å²) in [7, 11) is 0. The molecule has 6 nitrogen and oxygen atoms in total. The van der Waals surface area contributed by atoms with Crippen molar-refractivity contribution >= 4 is 29.3 Å². The lowest BCUT2D eigenvalue weighted by Crippen LogP contribution is -2.29. The Kier molecular flexibility index (Phi) is 7.40. The molecular weight excluding hydrogens is 422 g/mol. The quantitative estimate of drug-likeness (QED) is 0.510. The number of aromatic nitrogens is 1. The summed E-state index contributed by atoms with van der Waals surface area (Å²) in [4.78, 5) is 32.3. The van der Waals surface area contributed by atoms with Crippen molar-refractivity contribution in [3.05, 3.63) is 84.2 Å². The highest BCUT2D eigenvalue weighted by Crippen LogP contribution is 2.25. The number of hydrogen-bond donors (Lipinski definition) is 1. The van der Waals surface area contributed by atoms with Gasteiger partial charge >= 0.3 is 0 Å². The Morgan fingerprint density at radius 3 is 2.62 bits per heavy atom. The lowest BCUT2D eigenvalue weighted by Gasteiger charge is -2.15. The van der Waals surface area contributed by atoms with E-state index in [1.165, 1.54) is 11.8 Å². The molecule has 1 N–H and O–H groups in total. The Hall–Kier alpha value is -3.32. The number of rotatable bonds is 8. The van der Waals surface area contributed by atoms with Crippen molar-refractivity contribution in [2.75, 3.05) is 24.2 Å². The number of thioether (sulfide) groups is 1. The first-order valence-corrected chi connectivity index (χ1v) is 11.6. The van der Waals surface area contributed by atoms with Crippen molar-refractivity contribution in [1.82, 2.24) is 9.88 Å². The topological polar surface area (TPSA) is 71.5 Å². The van der Waals surface area contributed by atoms with Gasteiger partial charge in [0.15, 0.2) is 0 Å². The monoisotopic (exact) mass is 447 g/mol. The molecule has 0 unspecified atom stereocenters. The summed E-state index contributed by atoms with van der Waals surface area (Å²) >= 11 is 1.41. The van der Waals surface area contributed by atoms with Crippen molar-refractivity contribution in [2.45, 2.75) is 24.3 Å². The number of nitrogens with one attached hydrogen (secondary N) is 1. The third kappa shape index (κ3) is 5.88. The van der Waals surface area contributed by atoms with Crippen LogP contribution >= 0.6 is 11.8 Å². The molecule has 7 heteroatoms. The van der Waals surface area contributed by atoms with Crippen molar-refractivity contribution in [3.8, 4) is 5.75 Å². The van der Waals surface area contributed by atoms with Crippen LogP contribution in [0, 0.1) is 0 Å². The first-order chi connectivity index (χ1) is 15.7. The Bertz CT molecular complexity index is 1070. The summed E-state index contributed by atoms with van der Waals surface area (Å²) in [5.41, 5.74) is 2.02. The Balaban J connectivity index is 1.38. The highest BCUT2D eigenvalue weighted by Gasteiger charge is 2.19. The second-order valence-corrected chi connectivity index (χ2v) is 8.48. The van der Waals surface area contributed by atoms with Gasteiger partial charge in [-0.1, -0.05) is 24.3 Å². The number of ether oxygens (including phenoxy) is 1. The number of anilines is 1. The third-order valence-corrected chi connectivity index (χ3v) is 6.20. The van der Waals surface area contributed by atoms with Crippen molar-refractivity contribution in [3.63, 3.8) is 0 Å². The number of carbonyl (C=O) groups is 2. The predicted octanol–water partition coefficient (Wildman–Crippen LogP) is 4.63. The van der Waals surface area contributed by atoms with E-state index in [1.54, 1.807) is 18.3 Å². The molecule has 0 atom stereocenters. The molecule has 0 bridgehead atoms. The van der Waals surface area contributed by atoms with E-state index in [0.29, 0.717) is 29.4 Å². The minimum Gasteiger partial charge on any atom is -0.487 e. The third-order valence-electron chi connectivity index (χ3n) is 5.15. The molecule has 1 aliphatic heterocycles. The predicted molar refractivity (Wildman–Crippen MR) is 126 cm³/mol. The Morgan fingerprint density at radius 1 is 1.00 bits per heavy atom. The van der Waals surface area contributed by atoms with Crippen LogP contribution in [-0.2, 0) is 11.4 Å². The van der Waals surface area contributed by atoms with Crippen LogP contribution in [0.1, 0.15) is 28.9 Å². The van der Waals surface area contributed by atoms with Crippen LogP contribution in [0.2, 0.25) is 0 Å². The smallest absolute Gasteiger partial charge is 0.256 e. The van der Waals surface area contributed by atoms with Crippen LogP contribution in [-0.4, -0.2) is 40.5 Å². The van der Waals surface area contributed by atoms with Gasteiger partial charge in [-0.2, -0.15) is 0 Å². The van der Waals surface area contributed by atoms with Gasteiger partial charge in [0.2, 0.25) is 5.91 Å². The molecule has 1 fully saturated rings. The van der Waals surface area contributed by atoms with Crippen LogP contribution in [0.3, 0.4) is 0 Å². The largest absolute Gasteiger partial charge is 0.487 e. The number of hydrogen-bond acceptors (Lipinski definition) is 5. The zero-order chi connectivity index (χ0) is 22.2. The van der Waals surface area contributed by atoms with Crippen molar-refractivity contribution in [1.29, 1.82) is 0 Å². The molecular formula is C25H25N3O3S. The lowest BCUT2D eigenvalue weighted by atomic mass is 10.2. The molecule has 1 aromatic heterocycles. The average molecular weight is 448 g/mol. The first-order valence-electron chi connectivity index (χ1n) is 10.6. The van der Waals surface area contributed by atoms with E-state index >= 15 is 0 Å². The fourth-order valence-electron chi connectivity index (χ4n) is 3.48. The molecule has 2 aromatic carbocycles. The molecule has 0 spiro atoms. The number of likely N-dealkylation sites (tertiary alicyclic amines) is 1. The molecule has 2 heterocycles. The number of pyridine rings is 1. The van der Waals surface area contributed by atoms with E-state index in [2.05, 4.69) is 10.3 Å². The Labute approximate surface area is 192 Å². The maximum Gasteiger partial charge on any atom is 0.256 e. The number of benzene rings is 2. The van der Waals surface area contributed by atoms with Gasteiger partial charge in [-0.25, -0.2) is 0 Å². The maximum atomic E-state index is 13.0. The van der Waals surface area contributed by atoms with Gasteiger partial charge in [0, 0.05) is 35.9 Å². The van der Waals surface area contributed by atoms with E-state index in [1.807, 2.05) is 59.5 Å². The molecule has 0 aliphatic carbocycles. The minimum absolute atomic E-state index is 0.125. The molecule has 0 saturated carbocycles. The Morgan fingerprint density at radius 2 is 1.81 bits per heavy atom. The van der Waals surface area contributed by atoms with Gasteiger partial charge in [-0.15, -0.1) is 11.8 Å². The first kappa shape index (κ1) is 21.9. The van der Waals surface area contributed by atoms with Crippen LogP contribution in [0.15, 0.2) is 77.8 Å². The van der Waals surface area contributed by atoms with Crippen LogP contribution in [0.25, 0.3) is 0 Å². The highest BCUT2D eigenvalue weighted by molar-refractivity contribution is 8.00. The summed E-state index contributed by atoms with van der Waals surface area (Å²) in [6.07, 6.45) is 3.86. The summed E-state index contributed by atoms with van der Waals surface area (Å²) in [6, 6.07) is 20.3. The number of amides is 2. The molecule has 1 aliphatic rings. The molecule has 164 valence electrons. The van der Waals surface area contributed by atoms with Gasteiger partial charge in [0.1, 0.15) is 12.4 Å². The molecule has 2 amide bonds. The van der Waals surface area contributed by atoms with Gasteiger partial charge in [0.25, 0.3) is 5.91 Å². The lowest BCUT2D eigenvalue weighted by molar-refractivity contribution is -0.127. The van der Waals surface area contributed by atoms with Gasteiger partial charge in [0.05, 0.1) is 17.0 Å². The van der Waals surface area contributed by atoms with E-state index in [0.717, 1.165) is 36.5 Å². The highest BCUT2D eigenvalue weighted by atomic mass is 32.2. The van der Waals surface area contributed by atoms with E-state index in [9.17, 15) is 9.59 Å². The maximum absolute atomic E-state index is 13.0. The summed E-state index contributed by atoms with van der Waals surface area (Å²) in [5, 5.41) is 2.94. The van der Waals surface area contributed by atoms with E-state index in [4.69, 9.17) is 4.74 Å². The average Bonchev–Trinajstić information content (AvgIpc) is 3.37. The number of carbonyl (C=O) groups excluding carboxylic acids is 2. The van der Waals surface area contributed by atoms with Crippen LogP contribution in [0.5, 0.6) is 5.75 Å². The zero-order valence-electron chi connectivity index (χ0n) is 17.7. The number of nitrogens with zero attached hydrogens (tertiary/aromatic N) is 2. The van der Waals surface area contributed by atoms with Gasteiger partial charge < -0.3 is 15.0 Å². The van der Waals surface area contributed by atoms with Crippen molar-refractivity contribution in [2.24, 2.45) is 0 Å². The van der Waals surface area contributed by atoms with Crippen LogP contribution in [0.4, 0.5) is 5.69 Å². The fourth-order valence-corrected chi connectivity index (χ4v) is 4.43. The molecule has 1 saturated heterocycles. The SMILES string of the molecule is O=C(Nc1cccc(OCc2ccccn2)c1)c1ccccc1SCC(=O)N1CCCC1. The summed E-state index contributed by atoms with van der Waals surface area (Å²) in [5.74, 6) is 0.887. The fraction of sp³-hybridized carbons (Fsp3) is 0.240. The normalized spacial score (nSPS) is 13.1. The molecule has 32 heavy (non-hydrogen) atoms. The van der Waals surface area contributed by atoms with Gasteiger partial charge in [-0.05, 0) is 49.2 Å². The molecule has 0 radical (unpaired) electrons. The summed E-state index contributed by atoms with van der Waals surface area (Å²) < 4.78 is 5.80. The van der Waals surface area contributed by atoms with Crippen LogP contribution < -0.4 is 10.1 Å².